The van der Waals surface area contributed by atoms with E-state index in [1.807, 2.05) is 18.2 Å². The van der Waals surface area contributed by atoms with E-state index in [1.54, 1.807) is 12.1 Å². The minimum atomic E-state index is -0.309. The number of nitrogens with zero attached hydrogens (tertiary/aromatic N) is 3. The molecule has 0 aliphatic carbocycles. The largest absolute Gasteiger partial charge is 0.411 e. The van der Waals surface area contributed by atoms with Gasteiger partial charge in [-0.05, 0) is 68.7 Å². The lowest BCUT2D eigenvalue weighted by atomic mass is 9.89. The number of piperidine rings is 1. The van der Waals surface area contributed by atoms with Crippen LogP contribution in [0.25, 0.3) is 0 Å². The molecule has 30 heavy (non-hydrogen) atoms. The van der Waals surface area contributed by atoms with Gasteiger partial charge in [-0.25, -0.2) is 4.39 Å². The molecule has 6 heteroatoms. The summed E-state index contributed by atoms with van der Waals surface area (Å²) in [5, 5.41) is 12.9. The third kappa shape index (κ3) is 4.77. The van der Waals surface area contributed by atoms with Crippen molar-refractivity contribution >= 4 is 11.5 Å². The second kappa shape index (κ2) is 9.49. The Morgan fingerprint density at radius 1 is 1.00 bits per heavy atom. The molecule has 2 heterocycles. The fraction of sp³-hybridized carbons (Fsp3) is 0.417. The van der Waals surface area contributed by atoms with E-state index in [9.17, 15) is 14.4 Å². The van der Waals surface area contributed by atoms with Gasteiger partial charge in [0.25, 0.3) is 0 Å². The predicted molar refractivity (Wildman–Crippen MR) is 115 cm³/mol. The van der Waals surface area contributed by atoms with E-state index in [0.29, 0.717) is 12.1 Å². The van der Waals surface area contributed by atoms with Crippen LogP contribution in [0.2, 0.25) is 0 Å². The summed E-state index contributed by atoms with van der Waals surface area (Å²) in [5.74, 6) is -0.137. The molecule has 0 radical (unpaired) electrons. The Hall–Kier alpha value is -2.57. The van der Waals surface area contributed by atoms with Gasteiger partial charge in [0.1, 0.15) is 11.5 Å². The SMILES string of the molecule is O=C(c1ccc(F)cc1)C1CCN(CCCN2C/C(=N\O)c3ccccc3C2)CC1. The Bertz CT molecular complexity index is 905. The number of rotatable bonds is 6. The van der Waals surface area contributed by atoms with Crippen LogP contribution in [-0.4, -0.2) is 59.2 Å². The molecule has 0 aromatic heterocycles. The maximum atomic E-state index is 13.1. The van der Waals surface area contributed by atoms with Crippen LogP contribution in [0.15, 0.2) is 53.7 Å². The standard InChI is InChI=1S/C24H28FN3O2/c25-21-8-6-18(7-9-21)24(29)19-10-14-27(15-11-19)12-3-13-28-16-20-4-1-2-5-22(20)23(17-28)26-30/h1-2,4-9,19,30H,3,10-17H2/b26-23+. The number of oxime groups is 1. The third-order valence-corrected chi connectivity index (χ3v) is 6.25. The van der Waals surface area contributed by atoms with Crippen LogP contribution in [0, 0.1) is 11.7 Å². The van der Waals surface area contributed by atoms with Crippen molar-refractivity contribution in [3.8, 4) is 0 Å². The van der Waals surface area contributed by atoms with Gasteiger partial charge in [-0.3, -0.25) is 9.69 Å². The molecule has 0 spiro atoms. The van der Waals surface area contributed by atoms with Crippen molar-refractivity contribution < 1.29 is 14.4 Å². The first kappa shape index (κ1) is 20.7. The number of carbonyl (C=O) groups is 1. The van der Waals surface area contributed by atoms with Gasteiger partial charge in [0.05, 0.1) is 0 Å². The molecule has 2 aromatic rings. The van der Waals surface area contributed by atoms with Crippen LogP contribution in [0.5, 0.6) is 0 Å². The average Bonchev–Trinajstić information content (AvgIpc) is 2.79. The van der Waals surface area contributed by atoms with Crippen molar-refractivity contribution in [2.45, 2.75) is 25.8 Å². The second-order valence-corrected chi connectivity index (χ2v) is 8.26. The number of ketones is 1. The number of hydrogen-bond donors (Lipinski definition) is 1. The Morgan fingerprint density at radius 2 is 1.70 bits per heavy atom. The predicted octanol–water partition coefficient (Wildman–Crippen LogP) is 3.80. The van der Waals surface area contributed by atoms with Gasteiger partial charge >= 0.3 is 0 Å². The zero-order chi connectivity index (χ0) is 20.9. The molecule has 158 valence electrons. The van der Waals surface area contributed by atoms with Gasteiger partial charge in [0, 0.05) is 36.7 Å². The van der Waals surface area contributed by atoms with Crippen molar-refractivity contribution in [1.29, 1.82) is 0 Å². The molecule has 0 atom stereocenters. The monoisotopic (exact) mass is 409 g/mol. The summed E-state index contributed by atoms with van der Waals surface area (Å²) in [6.45, 7) is 5.34. The van der Waals surface area contributed by atoms with Gasteiger partial charge in [0.2, 0.25) is 0 Å². The molecule has 0 bridgehead atoms. The molecule has 1 N–H and O–H groups in total. The molecule has 0 saturated carbocycles. The quantitative estimate of drug-likeness (QED) is 0.448. The number of halogens is 1. The first-order valence-corrected chi connectivity index (χ1v) is 10.7. The molecule has 0 unspecified atom stereocenters. The highest BCUT2D eigenvalue weighted by molar-refractivity contribution is 6.03. The topological polar surface area (TPSA) is 56.1 Å². The van der Waals surface area contributed by atoms with Gasteiger partial charge in [-0.15, -0.1) is 0 Å². The molecular formula is C24H28FN3O2. The Balaban J connectivity index is 1.22. The molecule has 2 aromatic carbocycles. The van der Waals surface area contributed by atoms with Gasteiger partial charge in [0.15, 0.2) is 5.78 Å². The van der Waals surface area contributed by atoms with Crippen LogP contribution in [0.1, 0.15) is 40.7 Å². The highest BCUT2D eigenvalue weighted by Crippen LogP contribution is 2.23. The number of carbonyl (C=O) groups excluding carboxylic acids is 1. The minimum Gasteiger partial charge on any atom is -0.411 e. The zero-order valence-electron chi connectivity index (χ0n) is 17.1. The summed E-state index contributed by atoms with van der Waals surface area (Å²) < 4.78 is 13.1. The Labute approximate surface area is 176 Å². The van der Waals surface area contributed by atoms with E-state index in [1.165, 1.54) is 17.7 Å². The fourth-order valence-electron chi connectivity index (χ4n) is 4.56. The smallest absolute Gasteiger partial charge is 0.166 e. The number of benzene rings is 2. The summed E-state index contributed by atoms with van der Waals surface area (Å²) in [6, 6.07) is 14.0. The van der Waals surface area contributed by atoms with Crippen LogP contribution < -0.4 is 0 Å². The van der Waals surface area contributed by atoms with Crippen molar-refractivity contribution in [2.75, 3.05) is 32.7 Å². The number of fused-ring (bicyclic) bond motifs is 1. The van der Waals surface area contributed by atoms with E-state index in [2.05, 4.69) is 21.0 Å². The highest BCUT2D eigenvalue weighted by Gasteiger charge is 2.26. The van der Waals surface area contributed by atoms with Crippen molar-refractivity contribution in [3.63, 3.8) is 0 Å². The maximum Gasteiger partial charge on any atom is 0.166 e. The average molecular weight is 410 g/mol. The van der Waals surface area contributed by atoms with Crippen LogP contribution in [0.4, 0.5) is 4.39 Å². The molecular weight excluding hydrogens is 381 g/mol. The van der Waals surface area contributed by atoms with E-state index in [0.717, 1.165) is 63.3 Å². The Morgan fingerprint density at radius 3 is 2.43 bits per heavy atom. The van der Waals surface area contributed by atoms with Gasteiger partial charge in [-0.2, -0.15) is 0 Å². The van der Waals surface area contributed by atoms with Crippen molar-refractivity contribution in [2.24, 2.45) is 11.1 Å². The molecule has 0 amide bonds. The molecule has 5 nitrogen and oxygen atoms in total. The first-order valence-electron chi connectivity index (χ1n) is 10.7. The second-order valence-electron chi connectivity index (χ2n) is 8.26. The first-order chi connectivity index (χ1) is 14.6. The minimum absolute atomic E-state index is 0.0358. The molecule has 1 fully saturated rings. The zero-order valence-corrected chi connectivity index (χ0v) is 17.1. The molecule has 2 aliphatic heterocycles. The van der Waals surface area contributed by atoms with E-state index in [-0.39, 0.29) is 17.5 Å². The lowest BCUT2D eigenvalue weighted by Gasteiger charge is -2.33. The lowest BCUT2D eigenvalue weighted by Crippen LogP contribution is -2.40. The molecule has 2 aliphatic rings. The fourth-order valence-corrected chi connectivity index (χ4v) is 4.56. The summed E-state index contributed by atoms with van der Waals surface area (Å²) in [6.07, 6.45) is 2.75. The molecule has 4 rings (SSSR count). The van der Waals surface area contributed by atoms with E-state index >= 15 is 0 Å². The van der Waals surface area contributed by atoms with Gasteiger partial charge < -0.3 is 10.1 Å². The normalized spacial score (nSPS) is 19.7. The van der Waals surface area contributed by atoms with Crippen molar-refractivity contribution in [3.05, 3.63) is 71.0 Å². The summed E-state index contributed by atoms with van der Waals surface area (Å²) >= 11 is 0. The van der Waals surface area contributed by atoms with E-state index in [4.69, 9.17) is 0 Å². The summed E-state index contributed by atoms with van der Waals surface area (Å²) in [5.41, 5.74) is 3.60. The van der Waals surface area contributed by atoms with Crippen LogP contribution >= 0.6 is 0 Å². The van der Waals surface area contributed by atoms with Gasteiger partial charge in [-0.1, -0.05) is 29.4 Å². The van der Waals surface area contributed by atoms with Crippen LogP contribution in [-0.2, 0) is 6.54 Å². The summed E-state index contributed by atoms with van der Waals surface area (Å²) in [4.78, 5) is 17.4. The van der Waals surface area contributed by atoms with Crippen LogP contribution in [0.3, 0.4) is 0 Å². The summed E-state index contributed by atoms with van der Waals surface area (Å²) in [7, 11) is 0. The lowest BCUT2D eigenvalue weighted by molar-refractivity contribution is 0.0836. The number of hydrogen-bond acceptors (Lipinski definition) is 5. The third-order valence-electron chi connectivity index (χ3n) is 6.25. The maximum absolute atomic E-state index is 13.1. The number of Topliss-reactive ketones (excluding diaryl/α,β-unsaturated/α-hetero) is 1. The van der Waals surface area contributed by atoms with E-state index < -0.39 is 0 Å². The molecule has 1 saturated heterocycles. The number of likely N-dealkylation sites (tertiary alicyclic amines) is 1. The Kier molecular flexibility index (Phi) is 6.55. The van der Waals surface area contributed by atoms with Crippen molar-refractivity contribution in [1.82, 2.24) is 9.80 Å². The highest BCUT2D eigenvalue weighted by atomic mass is 19.1.